The van der Waals surface area contributed by atoms with Gasteiger partial charge in [0.1, 0.15) is 23.7 Å². The van der Waals surface area contributed by atoms with Crippen LogP contribution < -0.4 is 4.74 Å². The molecule has 3 rings (SSSR count). The first kappa shape index (κ1) is 15.6. The summed E-state index contributed by atoms with van der Waals surface area (Å²) in [6, 6.07) is 6.75. The number of piperidine rings is 1. The standard InChI is InChI=1S/C17H21N3O3/c21-17(22)14-5-1-2-6-15(14)23-11-10-20-9-3-4-13(12-20)16-18-7-8-19-16/h1-2,5-8,13H,3-4,9-12H2,(H,18,19)(H,21,22). The Kier molecular flexibility index (Phi) is 4.92. The number of carbonyl (C=O) groups is 1. The van der Waals surface area contributed by atoms with Crippen molar-refractivity contribution in [2.45, 2.75) is 18.8 Å². The molecule has 2 aromatic rings. The third-order valence-electron chi connectivity index (χ3n) is 4.19. The highest BCUT2D eigenvalue weighted by molar-refractivity contribution is 5.90. The Bertz CT molecular complexity index is 642. The summed E-state index contributed by atoms with van der Waals surface area (Å²) in [5.41, 5.74) is 0.208. The number of carboxylic acids is 1. The van der Waals surface area contributed by atoms with Gasteiger partial charge in [-0.1, -0.05) is 12.1 Å². The Morgan fingerprint density at radius 2 is 2.30 bits per heavy atom. The second kappa shape index (κ2) is 7.28. The first-order chi connectivity index (χ1) is 11.2. The summed E-state index contributed by atoms with van der Waals surface area (Å²) in [6.07, 6.45) is 5.93. The van der Waals surface area contributed by atoms with E-state index in [-0.39, 0.29) is 5.56 Å². The fourth-order valence-electron chi connectivity index (χ4n) is 3.04. The molecule has 122 valence electrons. The van der Waals surface area contributed by atoms with Crippen molar-refractivity contribution in [3.63, 3.8) is 0 Å². The second-order valence-corrected chi connectivity index (χ2v) is 5.76. The lowest BCUT2D eigenvalue weighted by Crippen LogP contribution is -2.37. The normalized spacial score (nSPS) is 18.7. The summed E-state index contributed by atoms with van der Waals surface area (Å²) in [7, 11) is 0. The number of hydrogen-bond donors (Lipinski definition) is 2. The van der Waals surface area contributed by atoms with Gasteiger partial charge >= 0.3 is 5.97 Å². The van der Waals surface area contributed by atoms with Crippen LogP contribution in [0.5, 0.6) is 5.75 Å². The molecule has 1 aromatic carbocycles. The van der Waals surface area contributed by atoms with E-state index < -0.39 is 5.97 Å². The van der Waals surface area contributed by atoms with Gasteiger partial charge in [0.2, 0.25) is 0 Å². The molecule has 1 aliphatic rings. The molecule has 2 N–H and O–H groups in total. The average molecular weight is 315 g/mol. The van der Waals surface area contributed by atoms with E-state index >= 15 is 0 Å². The second-order valence-electron chi connectivity index (χ2n) is 5.76. The topological polar surface area (TPSA) is 78.5 Å². The Morgan fingerprint density at radius 1 is 1.43 bits per heavy atom. The minimum atomic E-state index is -0.962. The molecule has 2 heterocycles. The Balaban J connectivity index is 1.52. The molecule has 0 bridgehead atoms. The lowest BCUT2D eigenvalue weighted by atomic mass is 9.97. The number of imidazole rings is 1. The first-order valence-electron chi connectivity index (χ1n) is 7.91. The molecule has 1 fully saturated rings. The van der Waals surface area contributed by atoms with Crippen molar-refractivity contribution in [2.75, 3.05) is 26.2 Å². The van der Waals surface area contributed by atoms with E-state index in [1.54, 1.807) is 30.5 Å². The molecule has 1 aromatic heterocycles. The quantitative estimate of drug-likeness (QED) is 0.855. The molecule has 1 saturated heterocycles. The molecule has 1 aliphatic heterocycles. The van der Waals surface area contributed by atoms with E-state index in [1.165, 1.54) is 0 Å². The van der Waals surface area contributed by atoms with Crippen LogP contribution in [-0.2, 0) is 0 Å². The van der Waals surface area contributed by atoms with E-state index in [0.29, 0.717) is 18.3 Å². The summed E-state index contributed by atoms with van der Waals surface area (Å²) in [5, 5.41) is 9.15. The molecular weight excluding hydrogens is 294 g/mol. The lowest BCUT2D eigenvalue weighted by Gasteiger charge is -2.31. The first-order valence-corrected chi connectivity index (χ1v) is 7.91. The third-order valence-corrected chi connectivity index (χ3v) is 4.19. The number of benzene rings is 1. The van der Waals surface area contributed by atoms with Crippen molar-refractivity contribution in [1.82, 2.24) is 14.9 Å². The van der Waals surface area contributed by atoms with Crippen LogP contribution in [-0.4, -0.2) is 52.2 Å². The van der Waals surface area contributed by atoms with Gasteiger partial charge in [-0.25, -0.2) is 9.78 Å². The lowest BCUT2D eigenvalue weighted by molar-refractivity contribution is 0.0691. The molecule has 6 heteroatoms. The van der Waals surface area contributed by atoms with Crippen molar-refractivity contribution in [1.29, 1.82) is 0 Å². The molecule has 0 amide bonds. The monoisotopic (exact) mass is 315 g/mol. The molecule has 23 heavy (non-hydrogen) atoms. The largest absolute Gasteiger partial charge is 0.491 e. The summed E-state index contributed by atoms with van der Waals surface area (Å²) >= 11 is 0. The van der Waals surface area contributed by atoms with Crippen molar-refractivity contribution < 1.29 is 14.6 Å². The number of nitrogens with zero attached hydrogens (tertiary/aromatic N) is 2. The van der Waals surface area contributed by atoms with Crippen LogP contribution in [0.2, 0.25) is 0 Å². The highest BCUT2D eigenvalue weighted by atomic mass is 16.5. The number of aromatic carboxylic acids is 1. The summed E-state index contributed by atoms with van der Waals surface area (Å²) in [6.45, 7) is 3.26. The number of hydrogen-bond acceptors (Lipinski definition) is 4. The van der Waals surface area contributed by atoms with Gasteiger partial charge in [-0.15, -0.1) is 0 Å². The molecule has 6 nitrogen and oxygen atoms in total. The fourth-order valence-corrected chi connectivity index (χ4v) is 3.04. The maximum atomic E-state index is 11.2. The van der Waals surface area contributed by atoms with Crippen molar-refractivity contribution >= 4 is 5.97 Å². The van der Waals surface area contributed by atoms with Crippen molar-refractivity contribution in [3.8, 4) is 5.75 Å². The third kappa shape index (κ3) is 3.90. The zero-order valence-electron chi connectivity index (χ0n) is 12.9. The number of likely N-dealkylation sites (tertiary alicyclic amines) is 1. The van der Waals surface area contributed by atoms with Crippen molar-refractivity contribution in [2.24, 2.45) is 0 Å². The van der Waals surface area contributed by atoms with Gasteiger partial charge in [0.25, 0.3) is 0 Å². The van der Waals surface area contributed by atoms with Gasteiger partial charge in [0.05, 0.1) is 0 Å². The van der Waals surface area contributed by atoms with Crippen LogP contribution in [0.3, 0.4) is 0 Å². The molecule has 0 spiro atoms. The van der Waals surface area contributed by atoms with Gasteiger partial charge in [-0.05, 0) is 31.5 Å². The van der Waals surface area contributed by atoms with Crippen LogP contribution >= 0.6 is 0 Å². The number of aromatic nitrogens is 2. The van der Waals surface area contributed by atoms with Crippen molar-refractivity contribution in [3.05, 3.63) is 48.0 Å². The van der Waals surface area contributed by atoms with Gasteiger partial charge in [-0.2, -0.15) is 0 Å². The maximum absolute atomic E-state index is 11.2. The van der Waals surface area contributed by atoms with Crippen LogP contribution in [0.15, 0.2) is 36.7 Å². The molecule has 0 aliphatic carbocycles. The number of H-pyrrole nitrogens is 1. The van der Waals surface area contributed by atoms with E-state index in [9.17, 15) is 4.79 Å². The average Bonchev–Trinajstić information content (AvgIpc) is 3.10. The Labute approximate surface area is 135 Å². The maximum Gasteiger partial charge on any atom is 0.339 e. The van der Waals surface area contributed by atoms with Gasteiger partial charge in [0, 0.05) is 31.4 Å². The predicted molar refractivity (Wildman–Crippen MR) is 85.9 cm³/mol. The van der Waals surface area contributed by atoms with Gasteiger partial charge in [0.15, 0.2) is 0 Å². The summed E-state index contributed by atoms with van der Waals surface area (Å²) in [4.78, 5) is 21.1. The fraction of sp³-hybridized carbons (Fsp3) is 0.412. The molecule has 1 atom stereocenters. The number of ether oxygens (including phenoxy) is 1. The number of para-hydroxylation sites is 1. The molecule has 0 radical (unpaired) electrons. The zero-order chi connectivity index (χ0) is 16.1. The predicted octanol–water partition coefficient (Wildman–Crippen LogP) is 2.37. The minimum absolute atomic E-state index is 0.208. The number of nitrogens with one attached hydrogen (secondary N) is 1. The highest BCUT2D eigenvalue weighted by Gasteiger charge is 2.22. The molecule has 1 unspecified atom stereocenters. The molecule has 0 saturated carbocycles. The summed E-state index contributed by atoms with van der Waals surface area (Å²) in [5.74, 6) is 0.952. The summed E-state index contributed by atoms with van der Waals surface area (Å²) < 4.78 is 5.68. The van der Waals surface area contributed by atoms with Crippen LogP contribution in [0, 0.1) is 0 Å². The highest BCUT2D eigenvalue weighted by Crippen LogP contribution is 2.24. The van der Waals surface area contributed by atoms with E-state index in [2.05, 4.69) is 14.9 Å². The van der Waals surface area contributed by atoms with E-state index in [0.717, 1.165) is 38.3 Å². The van der Waals surface area contributed by atoms with E-state index in [1.807, 2.05) is 6.20 Å². The Hall–Kier alpha value is -2.34. The van der Waals surface area contributed by atoms with Crippen LogP contribution in [0.25, 0.3) is 0 Å². The smallest absolute Gasteiger partial charge is 0.339 e. The van der Waals surface area contributed by atoms with Gasteiger partial charge < -0.3 is 14.8 Å². The number of carboxylic acid groups (broad SMARTS) is 1. The van der Waals surface area contributed by atoms with Crippen LogP contribution in [0.1, 0.15) is 34.9 Å². The Morgan fingerprint density at radius 3 is 3.09 bits per heavy atom. The zero-order valence-corrected chi connectivity index (χ0v) is 12.9. The molecular formula is C17H21N3O3. The van der Waals surface area contributed by atoms with Gasteiger partial charge in [-0.3, -0.25) is 4.90 Å². The van der Waals surface area contributed by atoms with Crippen LogP contribution in [0.4, 0.5) is 0 Å². The SMILES string of the molecule is O=C(O)c1ccccc1OCCN1CCCC(c2ncc[nH]2)C1. The number of rotatable bonds is 6. The van der Waals surface area contributed by atoms with E-state index in [4.69, 9.17) is 9.84 Å². The number of aromatic amines is 1. The minimum Gasteiger partial charge on any atom is -0.491 e.